The standard InChI is InChI=1S/C9H9NO3/c1-5-3-8-6(4-7(5)11)10(2)9(12)13-8/h3-4,11H,1-2H3. The number of oxazole rings is 1. The Hall–Kier alpha value is -1.71. The highest BCUT2D eigenvalue weighted by Crippen LogP contribution is 2.22. The fourth-order valence-corrected chi connectivity index (χ4v) is 1.26. The van der Waals surface area contributed by atoms with E-state index in [9.17, 15) is 9.90 Å². The molecule has 0 aliphatic heterocycles. The van der Waals surface area contributed by atoms with Crippen molar-refractivity contribution in [1.29, 1.82) is 0 Å². The van der Waals surface area contributed by atoms with Crippen LogP contribution < -0.4 is 5.76 Å². The lowest BCUT2D eigenvalue weighted by Gasteiger charge is -1.97. The highest BCUT2D eigenvalue weighted by atomic mass is 16.4. The lowest BCUT2D eigenvalue weighted by atomic mass is 10.2. The molecule has 0 unspecified atom stereocenters. The molecule has 2 aromatic rings. The highest BCUT2D eigenvalue weighted by molar-refractivity contribution is 5.76. The molecule has 4 nitrogen and oxygen atoms in total. The third-order valence-electron chi connectivity index (χ3n) is 2.11. The van der Waals surface area contributed by atoms with Crippen molar-refractivity contribution in [3.8, 4) is 5.75 Å². The predicted octanol–water partition coefficient (Wildman–Crippen LogP) is 1.15. The number of nitrogens with zero attached hydrogens (tertiary/aromatic N) is 1. The van der Waals surface area contributed by atoms with Crippen LogP contribution in [-0.2, 0) is 7.05 Å². The Morgan fingerprint density at radius 3 is 2.85 bits per heavy atom. The van der Waals surface area contributed by atoms with Crippen molar-refractivity contribution in [3.63, 3.8) is 0 Å². The van der Waals surface area contributed by atoms with Crippen molar-refractivity contribution < 1.29 is 9.52 Å². The van der Waals surface area contributed by atoms with Gasteiger partial charge in [-0.2, -0.15) is 0 Å². The van der Waals surface area contributed by atoms with Crippen molar-refractivity contribution in [2.75, 3.05) is 0 Å². The van der Waals surface area contributed by atoms with Crippen molar-refractivity contribution in [3.05, 3.63) is 28.2 Å². The summed E-state index contributed by atoms with van der Waals surface area (Å²) in [4.78, 5) is 11.1. The van der Waals surface area contributed by atoms with E-state index in [-0.39, 0.29) is 5.75 Å². The molecular weight excluding hydrogens is 170 g/mol. The van der Waals surface area contributed by atoms with Crippen molar-refractivity contribution in [1.82, 2.24) is 4.57 Å². The van der Waals surface area contributed by atoms with Gasteiger partial charge < -0.3 is 9.52 Å². The molecule has 0 bridgehead atoms. The maximum atomic E-state index is 11.1. The number of aryl methyl sites for hydroxylation is 2. The van der Waals surface area contributed by atoms with Crippen LogP contribution in [0.2, 0.25) is 0 Å². The summed E-state index contributed by atoms with van der Waals surface area (Å²) in [5, 5.41) is 9.39. The van der Waals surface area contributed by atoms with Crippen LogP contribution >= 0.6 is 0 Å². The quantitative estimate of drug-likeness (QED) is 0.659. The SMILES string of the molecule is Cc1cc2oc(=O)n(C)c2cc1O. The minimum absolute atomic E-state index is 0.170. The molecule has 1 aromatic heterocycles. The topological polar surface area (TPSA) is 55.4 Å². The molecule has 4 heteroatoms. The Morgan fingerprint density at radius 2 is 2.15 bits per heavy atom. The number of rotatable bonds is 0. The first-order valence-corrected chi connectivity index (χ1v) is 3.89. The van der Waals surface area contributed by atoms with Crippen molar-refractivity contribution >= 4 is 11.1 Å². The number of hydrogen-bond donors (Lipinski definition) is 1. The van der Waals surface area contributed by atoms with Gasteiger partial charge in [-0.1, -0.05) is 0 Å². The molecule has 0 fully saturated rings. The minimum Gasteiger partial charge on any atom is -0.508 e. The first kappa shape index (κ1) is 7.91. The van der Waals surface area contributed by atoms with E-state index < -0.39 is 5.76 Å². The second kappa shape index (κ2) is 2.39. The molecule has 1 N–H and O–H groups in total. The van der Waals surface area contributed by atoms with E-state index in [0.717, 1.165) is 0 Å². The second-order valence-corrected chi connectivity index (χ2v) is 3.03. The Balaban J connectivity index is 2.97. The first-order chi connectivity index (χ1) is 6.09. The predicted molar refractivity (Wildman–Crippen MR) is 47.9 cm³/mol. The fourth-order valence-electron chi connectivity index (χ4n) is 1.26. The number of aromatic nitrogens is 1. The third kappa shape index (κ3) is 1.02. The average Bonchev–Trinajstić information content (AvgIpc) is 2.32. The van der Waals surface area contributed by atoms with E-state index in [0.29, 0.717) is 16.7 Å². The molecule has 1 heterocycles. The minimum atomic E-state index is -0.417. The molecule has 0 radical (unpaired) electrons. The van der Waals surface area contributed by atoms with Crippen LogP contribution in [0, 0.1) is 6.92 Å². The largest absolute Gasteiger partial charge is 0.508 e. The van der Waals surface area contributed by atoms with Gasteiger partial charge in [-0.15, -0.1) is 0 Å². The van der Waals surface area contributed by atoms with Gasteiger partial charge in [0.15, 0.2) is 5.58 Å². The smallest absolute Gasteiger partial charge is 0.419 e. The number of aromatic hydroxyl groups is 1. The number of benzene rings is 1. The van der Waals surface area contributed by atoms with Gasteiger partial charge in [-0.3, -0.25) is 4.57 Å². The Bertz CT molecular complexity index is 521. The van der Waals surface area contributed by atoms with Gasteiger partial charge in [0.2, 0.25) is 0 Å². The molecule has 0 aliphatic carbocycles. The third-order valence-corrected chi connectivity index (χ3v) is 2.11. The van der Waals surface area contributed by atoms with E-state index in [2.05, 4.69) is 0 Å². The van der Waals surface area contributed by atoms with Crippen LogP contribution in [-0.4, -0.2) is 9.67 Å². The lowest BCUT2D eigenvalue weighted by molar-refractivity contribution is 0.471. The number of phenols is 1. The maximum Gasteiger partial charge on any atom is 0.419 e. The van der Waals surface area contributed by atoms with Crippen LogP contribution in [0.3, 0.4) is 0 Å². The Morgan fingerprint density at radius 1 is 1.46 bits per heavy atom. The van der Waals surface area contributed by atoms with Gasteiger partial charge in [0.05, 0.1) is 5.52 Å². The summed E-state index contributed by atoms with van der Waals surface area (Å²) < 4.78 is 6.29. The molecule has 2 rings (SSSR count). The Kier molecular flexibility index (Phi) is 1.45. The second-order valence-electron chi connectivity index (χ2n) is 3.03. The van der Waals surface area contributed by atoms with Gasteiger partial charge in [0, 0.05) is 13.1 Å². The maximum absolute atomic E-state index is 11.1. The first-order valence-electron chi connectivity index (χ1n) is 3.89. The summed E-state index contributed by atoms with van der Waals surface area (Å²) in [6.07, 6.45) is 0. The van der Waals surface area contributed by atoms with Crippen LogP contribution in [0.1, 0.15) is 5.56 Å². The molecular formula is C9H9NO3. The van der Waals surface area contributed by atoms with Crippen molar-refractivity contribution in [2.45, 2.75) is 6.92 Å². The number of phenolic OH excluding ortho intramolecular Hbond substituents is 1. The molecule has 0 amide bonds. The van der Waals surface area contributed by atoms with Crippen LogP contribution in [0.15, 0.2) is 21.3 Å². The number of fused-ring (bicyclic) bond motifs is 1. The zero-order chi connectivity index (χ0) is 9.59. The van der Waals surface area contributed by atoms with Gasteiger partial charge in [-0.05, 0) is 18.6 Å². The van der Waals surface area contributed by atoms with Gasteiger partial charge in [0.25, 0.3) is 0 Å². The van der Waals surface area contributed by atoms with E-state index in [4.69, 9.17) is 4.42 Å². The van der Waals surface area contributed by atoms with Gasteiger partial charge in [-0.25, -0.2) is 4.79 Å². The van der Waals surface area contributed by atoms with E-state index in [1.807, 2.05) is 0 Å². The van der Waals surface area contributed by atoms with Crippen LogP contribution in [0.4, 0.5) is 0 Å². The molecule has 0 atom stereocenters. The van der Waals surface area contributed by atoms with Gasteiger partial charge in [0.1, 0.15) is 5.75 Å². The summed E-state index contributed by atoms with van der Waals surface area (Å²) >= 11 is 0. The summed E-state index contributed by atoms with van der Waals surface area (Å²) in [5.74, 6) is -0.246. The molecule has 0 saturated heterocycles. The lowest BCUT2D eigenvalue weighted by Crippen LogP contribution is -2.08. The van der Waals surface area contributed by atoms with E-state index in [1.54, 1.807) is 20.0 Å². The molecule has 0 aliphatic rings. The average molecular weight is 179 g/mol. The molecule has 0 spiro atoms. The monoisotopic (exact) mass is 179 g/mol. The fraction of sp³-hybridized carbons (Fsp3) is 0.222. The zero-order valence-electron chi connectivity index (χ0n) is 7.37. The number of hydrogen-bond acceptors (Lipinski definition) is 3. The van der Waals surface area contributed by atoms with Crippen LogP contribution in [0.5, 0.6) is 5.75 Å². The molecule has 68 valence electrons. The Labute approximate surface area is 74.0 Å². The summed E-state index contributed by atoms with van der Waals surface area (Å²) in [6.45, 7) is 1.75. The zero-order valence-corrected chi connectivity index (χ0v) is 7.37. The van der Waals surface area contributed by atoms with E-state index >= 15 is 0 Å². The van der Waals surface area contributed by atoms with Gasteiger partial charge >= 0.3 is 5.76 Å². The highest BCUT2D eigenvalue weighted by Gasteiger charge is 2.07. The molecule has 1 aromatic carbocycles. The molecule has 0 saturated carbocycles. The van der Waals surface area contributed by atoms with Crippen molar-refractivity contribution in [2.24, 2.45) is 7.05 Å². The van der Waals surface area contributed by atoms with E-state index in [1.165, 1.54) is 10.6 Å². The summed E-state index contributed by atoms with van der Waals surface area (Å²) in [7, 11) is 1.60. The van der Waals surface area contributed by atoms with Crippen LogP contribution in [0.25, 0.3) is 11.1 Å². The summed E-state index contributed by atoms with van der Waals surface area (Å²) in [6, 6.07) is 3.17. The molecule has 13 heavy (non-hydrogen) atoms. The summed E-state index contributed by atoms with van der Waals surface area (Å²) in [5.41, 5.74) is 1.80. The normalized spacial score (nSPS) is 10.9.